The van der Waals surface area contributed by atoms with E-state index in [-0.39, 0.29) is 23.6 Å². The summed E-state index contributed by atoms with van der Waals surface area (Å²) in [5, 5.41) is 9.24. The second-order valence-corrected chi connectivity index (χ2v) is 9.45. The van der Waals surface area contributed by atoms with Gasteiger partial charge >= 0.3 is 0 Å². The number of rotatable bonds is 3. The number of aryl methyl sites for hydroxylation is 2. The Balaban J connectivity index is 1.41. The summed E-state index contributed by atoms with van der Waals surface area (Å²) in [6, 6.07) is 2.17. The van der Waals surface area contributed by atoms with Gasteiger partial charge in [0.05, 0.1) is 34.7 Å². The largest absolute Gasteiger partial charge is 0.327 e. The van der Waals surface area contributed by atoms with Gasteiger partial charge in [-0.15, -0.1) is 0 Å². The van der Waals surface area contributed by atoms with Crippen molar-refractivity contribution in [1.29, 1.82) is 0 Å². The first kappa shape index (κ1) is 20.5. The van der Waals surface area contributed by atoms with Crippen molar-refractivity contribution in [1.82, 2.24) is 24.5 Å². The molecule has 6 nitrogen and oxygen atoms in total. The Morgan fingerprint density at radius 2 is 1.76 bits per heavy atom. The van der Waals surface area contributed by atoms with Crippen LogP contribution in [0.25, 0.3) is 11.3 Å². The number of nitrogens with zero attached hydrogens (tertiary/aromatic N) is 5. The van der Waals surface area contributed by atoms with E-state index in [2.05, 4.69) is 10.2 Å². The van der Waals surface area contributed by atoms with E-state index in [1.807, 2.05) is 22.7 Å². The summed E-state index contributed by atoms with van der Waals surface area (Å²) in [5.74, 6) is -3.97. The van der Waals surface area contributed by atoms with Gasteiger partial charge in [0.25, 0.3) is 5.91 Å². The molecular weight excluding hydrogens is 431 g/mol. The monoisotopic (exact) mass is 455 g/mol. The predicted molar refractivity (Wildman–Crippen MR) is 114 cm³/mol. The van der Waals surface area contributed by atoms with Gasteiger partial charge in [0.15, 0.2) is 17.5 Å². The van der Waals surface area contributed by atoms with Gasteiger partial charge in [0, 0.05) is 30.4 Å². The summed E-state index contributed by atoms with van der Waals surface area (Å²) in [4.78, 5) is 15.6. The molecule has 3 aliphatic rings. The smallest absolute Gasteiger partial charge is 0.258 e. The van der Waals surface area contributed by atoms with E-state index < -0.39 is 17.5 Å². The lowest BCUT2D eigenvalue weighted by molar-refractivity contribution is 0.0391. The third-order valence-corrected chi connectivity index (χ3v) is 7.24. The quantitative estimate of drug-likeness (QED) is 0.541. The van der Waals surface area contributed by atoms with Crippen molar-refractivity contribution < 1.29 is 18.0 Å². The Morgan fingerprint density at radius 3 is 2.45 bits per heavy atom. The number of fused-ring (bicyclic) bond motifs is 4. The maximum absolute atomic E-state index is 14.0. The Kier molecular flexibility index (Phi) is 4.47. The minimum atomic E-state index is -1.48. The fourth-order valence-electron chi connectivity index (χ4n) is 5.56. The maximum Gasteiger partial charge on any atom is 0.258 e. The van der Waals surface area contributed by atoms with Crippen molar-refractivity contribution in [3.8, 4) is 11.3 Å². The molecule has 0 N–H and O–H groups in total. The topological polar surface area (TPSA) is 56.0 Å². The van der Waals surface area contributed by atoms with Crippen molar-refractivity contribution in [2.24, 2.45) is 7.05 Å². The number of carbonyl (C=O) groups is 1. The summed E-state index contributed by atoms with van der Waals surface area (Å²) >= 11 is 0. The third-order valence-electron chi connectivity index (χ3n) is 7.24. The van der Waals surface area contributed by atoms with Crippen LogP contribution in [0.1, 0.15) is 71.5 Å². The van der Waals surface area contributed by atoms with Crippen LogP contribution in [0.2, 0.25) is 0 Å². The van der Waals surface area contributed by atoms with Crippen LogP contribution in [-0.2, 0) is 13.5 Å². The van der Waals surface area contributed by atoms with E-state index in [0.717, 1.165) is 61.2 Å². The summed E-state index contributed by atoms with van der Waals surface area (Å²) in [7, 11) is 1.72. The van der Waals surface area contributed by atoms with E-state index in [9.17, 15) is 18.0 Å². The lowest BCUT2D eigenvalue weighted by Gasteiger charge is -2.45. The normalized spacial score (nSPS) is 21.9. The Bertz CT molecular complexity index is 1270. The maximum atomic E-state index is 14.0. The molecule has 9 heteroatoms. The molecule has 1 aromatic carbocycles. The molecule has 33 heavy (non-hydrogen) atoms. The molecule has 2 aliphatic heterocycles. The van der Waals surface area contributed by atoms with Crippen molar-refractivity contribution in [2.45, 2.75) is 63.6 Å². The van der Waals surface area contributed by atoms with E-state index in [4.69, 9.17) is 0 Å². The third kappa shape index (κ3) is 3.12. The molecule has 2 atom stereocenters. The van der Waals surface area contributed by atoms with Crippen LogP contribution in [0.4, 0.5) is 13.2 Å². The number of halogens is 3. The minimum Gasteiger partial charge on any atom is -0.327 e. The molecule has 3 aromatic rings. The fraction of sp³-hybridized carbons (Fsp3) is 0.458. The highest BCUT2D eigenvalue weighted by Crippen LogP contribution is 2.45. The first-order valence-corrected chi connectivity index (χ1v) is 11.4. The summed E-state index contributed by atoms with van der Waals surface area (Å²) < 4.78 is 45.0. The lowest BCUT2D eigenvalue weighted by Crippen LogP contribution is -2.50. The summed E-state index contributed by atoms with van der Waals surface area (Å²) in [6.45, 7) is 1.87. The van der Waals surface area contributed by atoms with E-state index in [1.165, 1.54) is 0 Å². The van der Waals surface area contributed by atoms with Crippen LogP contribution < -0.4 is 0 Å². The number of benzene rings is 1. The average molecular weight is 455 g/mol. The van der Waals surface area contributed by atoms with Crippen LogP contribution in [0.3, 0.4) is 0 Å². The highest BCUT2D eigenvalue weighted by molar-refractivity contribution is 5.96. The van der Waals surface area contributed by atoms with E-state index >= 15 is 0 Å². The predicted octanol–water partition coefficient (Wildman–Crippen LogP) is 4.64. The van der Waals surface area contributed by atoms with Crippen LogP contribution in [0, 0.1) is 24.4 Å². The lowest BCUT2D eigenvalue weighted by atomic mass is 9.81. The van der Waals surface area contributed by atoms with Crippen LogP contribution in [-0.4, -0.2) is 36.4 Å². The number of carbonyl (C=O) groups excluding carboxylic acids is 1. The van der Waals surface area contributed by atoms with E-state index in [0.29, 0.717) is 23.7 Å². The molecule has 0 radical (unpaired) electrons. The summed E-state index contributed by atoms with van der Waals surface area (Å²) in [6.07, 6.45) is 7.19. The van der Waals surface area contributed by atoms with Gasteiger partial charge in [-0.1, -0.05) is 0 Å². The molecule has 1 saturated carbocycles. The van der Waals surface area contributed by atoms with Crippen LogP contribution >= 0.6 is 0 Å². The van der Waals surface area contributed by atoms with Crippen LogP contribution in [0.5, 0.6) is 0 Å². The van der Waals surface area contributed by atoms with Crippen molar-refractivity contribution >= 4 is 5.91 Å². The van der Waals surface area contributed by atoms with Gasteiger partial charge in [-0.2, -0.15) is 10.2 Å². The SMILES string of the molecule is Cc1nn(C2CC2)cc1C(=O)N1[C@@H]2CCC[C@H]1c1nn(C)c(-c3cc(F)c(F)c(F)c3)c1C2. The van der Waals surface area contributed by atoms with Gasteiger partial charge < -0.3 is 4.90 Å². The van der Waals surface area contributed by atoms with Crippen molar-refractivity contribution in [2.75, 3.05) is 0 Å². The first-order valence-electron chi connectivity index (χ1n) is 11.4. The minimum absolute atomic E-state index is 0.0363. The highest BCUT2D eigenvalue weighted by atomic mass is 19.2. The fourth-order valence-corrected chi connectivity index (χ4v) is 5.56. The molecule has 1 saturated heterocycles. The standard InChI is InChI=1S/C24H24F3N5O/c1-12-17(11-31(28-12)14-6-7-14)24(33)32-15-4-3-5-20(32)22-16(10-15)23(30(2)29-22)13-8-18(25)21(27)19(26)9-13/h8-9,11,14-15,20H,3-7,10H2,1-2H3/t15-,20+/m1/s1. The molecule has 2 aromatic heterocycles. The zero-order chi connectivity index (χ0) is 23.0. The highest BCUT2D eigenvalue weighted by Gasteiger charge is 2.44. The van der Waals surface area contributed by atoms with Gasteiger partial charge in [-0.05, 0) is 57.6 Å². The number of aromatic nitrogens is 4. The Hall–Kier alpha value is -3.10. The van der Waals surface area contributed by atoms with Gasteiger partial charge in [-0.3, -0.25) is 14.2 Å². The van der Waals surface area contributed by atoms with Gasteiger partial charge in [0.2, 0.25) is 0 Å². The number of hydrogen-bond acceptors (Lipinski definition) is 3. The Labute approximate surface area is 189 Å². The number of hydrogen-bond donors (Lipinski definition) is 0. The van der Waals surface area contributed by atoms with Gasteiger partial charge in [-0.25, -0.2) is 13.2 Å². The molecule has 2 bridgehead atoms. The van der Waals surface area contributed by atoms with Gasteiger partial charge in [0.1, 0.15) is 0 Å². The van der Waals surface area contributed by atoms with Crippen molar-refractivity contribution in [3.05, 3.63) is 58.3 Å². The first-order chi connectivity index (χ1) is 15.8. The molecular formula is C24H24F3N5O. The zero-order valence-corrected chi connectivity index (χ0v) is 18.5. The van der Waals surface area contributed by atoms with Crippen molar-refractivity contribution in [3.63, 3.8) is 0 Å². The molecule has 2 fully saturated rings. The molecule has 1 amide bonds. The van der Waals surface area contributed by atoms with E-state index in [1.54, 1.807) is 11.7 Å². The molecule has 6 rings (SSSR count). The second kappa shape index (κ2) is 7.20. The molecule has 0 spiro atoms. The average Bonchev–Trinajstić information content (AvgIpc) is 3.48. The Morgan fingerprint density at radius 1 is 1.03 bits per heavy atom. The molecule has 172 valence electrons. The number of amides is 1. The second-order valence-electron chi connectivity index (χ2n) is 9.45. The summed E-state index contributed by atoms with van der Waals surface area (Å²) in [5.41, 5.74) is 3.82. The molecule has 1 aliphatic carbocycles. The molecule has 0 unspecified atom stereocenters. The zero-order valence-electron chi connectivity index (χ0n) is 18.5. The van der Waals surface area contributed by atoms with Crippen LogP contribution in [0.15, 0.2) is 18.3 Å². The number of piperidine rings is 1. The molecule has 4 heterocycles.